The molecule has 0 aromatic rings. The van der Waals surface area contributed by atoms with Gasteiger partial charge in [0.25, 0.3) is 0 Å². The summed E-state index contributed by atoms with van der Waals surface area (Å²) in [6.45, 7) is 2.45. The summed E-state index contributed by atoms with van der Waals surface area (Å²) in [5.74, 6) is 1.07. The SMILES string of the molecule is COC(C)C(O)OCCCCCCCCCCCCC1CCCCC1. The average molecular weight is 357 g/mol. The van der Waals surface area contributed by atoms with E-state index in [0.717, 1.165) is 12.3 Å². The molecule has 1 rings (SSSR count). The van der Waals surface area contributed by atoms with E-state index in [4.69, 9.17) is 9.47 Å². The second-order valence-corrected chi connectivity index (χ2v) is 8.03. The molecule has 0 radical (unpaired) electrons. The van der Waals surface area contributed by atoms with E-state index in [2.05, 4.69) is 0 Å². The van der Waals surface area contributed by atoms with E-state index in [1.807, 2.05) is 6.92 Å². The van der Waals surface area contributed by atoms with Gasteiger partial charge in [-0.25, -0.2) is 0 Å². The molecule has 2 atom stereocenters. The van der Waals surface area contributed by atoms with Gasteiger partial charge in [0.15, 0.2) is 6.29 Å². The highest BCUT2D eigenvalue weighted by atomic mass is 16.6. The molecule has 25 heavy (non-hydrogen) atoms. The predicted octanol–water partition coefficient (Wildman–Crippen LogP) is 6.23. The van der Waals surface area contributed by atoms with Crippen LogP contribution in [0.15, 0.2) is 0 Å². The second-order valence-electron chi connectivity index (χ2n) is 8.03. The van der Waals surface area contributed by atoms with Gasteiger partial charge in [-0.3, -0.25) is 0 Å². The zero-order valence-electron chi connectivity index (χ0n) is 17.0. The number of unbranched alkanes of at least 4 members (excludes halogenated alkanes) is 9. The molecule has 150 valence electrons. The van der Waals surface area contributed by atoms with E-state index in [1.165, 1.54) is 96.3 Å². The number of methoxy groups -OCH3 is 1. The van der Waals surface area contributed by atoms with Crippen LogP contribution in [0, 0.1) is 5.92 Å². The molecule has 0 aromatic carbocycles. The van der Waals surface area contributed by atoms with Gasteiger partial charge in [0.05, 0.1) is 0 Å². The molecule has 0 heterocycles. The molecule has 0 bridgehead atoms. The lowest BCUT2D eigenvalue weighted by atomic mass is 9.85. The Hall–Kier alpha value is -0.120. The van der Waals surface area contributed by atoms with Crippen molar-refractivity contribution in [2.75, 3.05) is 13.7 Å². The highest BCUT2D eigenvalue weighted by Crippen LogP contribution is 2.28. The fourth-order valence-electron chi connectivity index (χ4n) is 3.88. The van der Waals surface area contributed by atoms with Crippen LogP contribution >= 0.6 is 0 Å². The Morgan fingerprint density at radius 3 is 1.88 bits per heavy atom. The Kier molecular flexibility index (Phi) is 14.7. The van der Waals surface area contributed by atoms with Gasteiger partial charge in [0.1, 0.15) is 6.10 Å². The molecule has 1 aliphatic carbocycles. The minimum Gasteiger partial charge on any atom is -0.376 e. The first kappa shape index (κ1) is 22.9. The minimum atomic E-state index is -0.789. The fraction of sp³-hybridized carbons (Fsp3) is 1.00. The maximum Gasteiger partial charge on any atom is 0.180 e. The summed E-state index contributed by atoms with van der Waals surface area (Å²) in [4.78, 5) is 0. The van der Waals surface area contributed by atoms with E-state index in [1.54, 1.807) is 7.11 Å². The maximum absolute atomic E-state index is 9.61. The van der Waals surface area contributed by atoms with Crippen molar-refractivity contribution in [2.45, 2.75) is 122 Å². The van der Waals surface area contributed by atoms with Crippen LogP contribution in [0.4, 0.5) is 0 Å². The first-order chi connectivity index (χ1) is 12.2. The van der Waals surface area contributed by atoms with Crippen molar-refractivity contribution >= 4 is 0 Å². The topological polar surface area (TPSA) is 38.7 Å². The highest BCUT2D eigenvalue weighted by Gasteiger charge is 2.13. The van der Waals surface area contributed by atoms with Crippen LogP contribution in [0.1, 0.15) is 110 Å². The maximum atomic E-state index is 9.61. The Balaban J connectivity index is 1.73. The zero-order chi connectivity index (χ0) is 18.2. The first-order valence-electron chi connectivity index (χ1n) is 11.1. The van der Waals surface area contributed by atoms with Crippen molar-refractivity contribution in [2.24, 2.45) is 5.92 Å². The number of aliphatic hydroxyl groups is 1. The molecule has 0 saturated heterocycles. The molecule has 1 fully saturated rings. The summed E-state index contributed by atoms with van der Waals surface area (Å²) in [5, 5.41) is 9.61. The third-order valence-electron chi connectivity index (χ3n) is 5.79. The number of ether oxygens (including phenoxy) is 2. The standard InChI is InChI=1S/C22H44O3/c1-20(24-2)22(23)25-19-15-10-8-6-4-3-5-7-9-12-16-21-17-13-11-14-18-21/h20-23H,3-19H2,1-2H3. The van der Waals surface area contributed by atoms with E-state index >= 15 is 0 Å². The summed E-state index contributed by atoms with van der Waals surface area (Å²) in [6.07, 6.45) is 21.4. The van der Waals surface area contributed by atoms with Crippen LogP contribution in [-0.2, 0) is 9.47 Å². The summed E-state index contributed by atoms with van der Waals surface area (Å²) in [5.41, 5.74) is 0. The second kappa shape index (κ2) is 16.1. The lowest BCUT2D eigenvalue weighted by Crippen LogP contribution is -2.28. The Bertz CT molecular complexity index is 264. The van der Waals surface area contributed by atoms with Crippen LogP contribution in [0.3, 0.4) is 0 Å². The largest absolute Gasteiger partial charge is 0.376 e. The first-order valence-corrected chi connectivity index (χ1v) is 11.1. The van der Waals surface area contributed by atoms with E-state index in [9.17, 15) is 5.11 Å². The highest BCUT2D eigenvalue weighted by molar-refractivity contribution is 4.65. The molecular weight excluding hydrogens is 312 g/mol. The van der Waals surface area contributed by atoms with E-state index < -0.39 is 6.29 Å². The third kappa shape index (κ3) is 12.8. The average Bonchev–Trinajstić information content (AvgIpc) is 2.65. The van der Waals surface area contributed by atoms with Gasteiger partial charge in [-0.2, -0.15) is 0 Å². The Morgan fingerprint density at radius 1 is 0.800 bits per heavy atom. The molecule has 3 heteroatoms. The summed E-state index contributed by atoms with van der Waals surface area (Å²) < 4.78 is 10.4. The number of aliphatic hydroxyl groups excluding tert-OH is 1. The van der Waals surface area contributed by atoms with Crippen LogP contribution in [-0.4, -0.2) is 31.2 Å². The molecule has 1 saturated carbocycles. The predicted molar refractivity (Wildman–Crippen MR) is 106 cm³/mol. The van der Waals surface area contributed by atoms with Crippen molar-refractivity contribution in [3.05, 3.63) is 0 Å². The Morgan fingerprint density at radius 2 is 1.32 bits per heavy atom. The van der Waals surface area contributed by atoms with Gasteiger partial charge in [-0.15, -0.1) is 0 Å². The van der Waals surface area contributed by atoms with Crippen LogP contribution in [0.2, 0.25) is 0 Å². The van der Waals surface area contributed by atoms with Crippen molar-refractivity contribution in [1.29, 1.82) is 0 Å². The Labute approximate surface area is 156 Å². The van der Waals surface area contributed by atoms with Crippen LogP contribution < -0.4 is 0 Å². The fourth-order valence-corrected chi connectivity index (χ4v) is 3.88. The molecule has 2 unspecified atom stereocenters. The molecule has 0 spiro atoms. The number of hydrogen-bond acceptors (Lipinski definition) is 3. The van der Waals surface area contributed by atoms with Crippen molar-refractivity contribution in [1.82, 2.24) is 0 Å². The van der Waals surface area contributed by atoms with Crippen LogP contribution in [0.5, 0.6) is 0 Å². The van der Waals surface area contributed by atoms with E-state index in [-0.39, 0.29) is 6.10 Å². The summed E-state index contributed by atoms with van der Waals surface area (Å²) in [7, 11) is 1.59. The lowest BCUT2D eigenvalue weighted by Gasteiger charge is -2.21. The zero-order valence-corrected chi connectivity index (χ0v) is 17.0. The van der Waals surface area contributed by atoms with Crippen LogP contribution in [0.25, 0.3) is 0 Å². The third-order valence-corrected chi connectivity index (χ3v) is 5.79. The molecule has 3 nitrogen and oxygen atoms in total. The van der Waals surface area contributed by atoms with Gasteiger partial charge < -0.3 is 14.6 Å². The number of rotatable bonds is 16. The van der Waals surface area contributed by atoms with Gasteiger partial charge in [-0.05, 0) is 19.3 Å². The molecule has 0 aliphatic heterocycles. The smallest absolute Gasteiger partial charge is 0.180 e. The monoisotopic (exact) mass is 356 g/mol. The van der Waals surface area contributed by atoms with Gasteiger partial charge >= 0.3 is 0 Å². The van der Waals surface area contributed by atoms with Crippen molar-refractivity contribution in [3.63, 3.8) is 0 Å². The van der Waals surface area contributed by atoms with E-state index in [0.29, 0.717) is 6.61 Å². The molecule has 0 aromatic heterocycles. The van der Waals surface area contributed by atoms with Gasteiger partial charge in [-0.1, -0.05) is 96.3 Å². The van der Waals surface area contributed by atoms with Gasteiger partial charge in [0, 0.05) is 13.7 Å². The molecule has 1 aliphatic rings. The van der Waals surface area contributed by atoms with Crippen molar-refractivity contribution in [3.8, 4) is 0 Å². The number of hydrogen-bond donors (Lipinski definition) is 1. The molecule has 1 N–H and O–H groups in total. The summed E-state index contributed by atoms with van der Waals surface area (Å²) >= 11 is 0. The molecule has 0 amide bonds. The van der Waals surface area contributed by atoms with Gasteiger partial charge in [0.2, 0.25) is 0 Å². The summed E-state index contributed by atoms with van der Waals surface area (Å²) in [6, 6.07) is 0. The quantitative estimate of drug-likeness (QED) is 0.263. The lowest BCUT2D eigenvalue weighted by molar-refractivity contribution is -0.165. The van der Waals surface area contributed by atoms with Crippen molar-refractivity contribution < 1.29 is 14.6 Å². The molecular formula is C22H44O3. The normalized spacial score (nSPS) is 18.4. The minimum absolute atomic E-state index is 0.248.